The van der Waals surface area contributed by atoms with Crippen molar-refractivity contribution in [1.82, 2.24) is 4.31 Å². The fourth-order valence-electron chi connectivity index (χ4n) is 1.63. The molecule has 1 unspecified atom stereocenters. The van der Waals surface area contributed by atoms with Gasteiger partial charge in [0.2, 0.25) is 10.0 Å². The van der Waals surface area contributed by atoms with E-state index in [-0.39, 0.29) is 11.8 Å². The molecule has 84 valence electrons. The van der Waals surface area contributed by atoms with Crippen molar-refractivity contribution in [1.29, 1.82) is 0 Å². The highest BCUT2D eigenvalue weighted by Gasteiger charge is 2.33. The predicted molar refractivity (Wildman–Crippen MR) is 57.4 cm³/mol. The van der Waals surface area contributed by atoms with Crippen molar-refractivity contribution >= 4 is 10.0 Å². The van der Waals surface area contributed by atoms with Crippen LogP contribution in [0, 0.1) is 5.92 Å². The molecule has 0 bridgehead atoms. The van der Waals surface area contributed by atoms with Gasteiger partial charge in [0.25, 0.3) is 0 Å². The van der Waals surface area contributed by atoms with Crippen molar-refractivity contribution in [2.24, 2.45) is 11.7 Å². The normalized spacial score (nSPS) is 20.0. The molecule has 0 aromatic rings. The Morgan fingerprint density at radius 3 is 2.21 bits per heavy atom. The number of sulfonamides is 1. The Bertz CT molecular complexity index is 269. The molecule has 1 rings (SSSR count). The van der Waals surface area contributed by atoms with Crippen molar-refractivity contribution in [3.63, 3.8) is 0 Å². The monoisotopic (exact) mass is 220 g/mol. The van der Waals surface area contributed by atoms with E-state index in [9.17, 15) is 8.42 Å². The van der Waals surface area contributed by atoms with Gasteiger partial charge in [-0.05, 0) is 18.8 Å². The van der Waals surface area contributed by atoms with E-state index >= 15 is 0 Å². The quantitative estimate of drug-likeness (QED) is 0.704. The third-order valence-corrected chi connectivity index (χ3v) is 4.84. The molecule has 0 aliphatic heterocycles. The summed E-state index contributed by atoms with van der Waals surface area (Å²) >= 11 is 0. The summed E-state index contributed by atoms with van der Waals surface area (Å²) in [4.78, 5) is 0. The van der Waals surface area contributed by atoms with E-state index in [4.69, 9.17) is 5.73 Å². The van der Waals surface area contributed by atoms with Gasteiger partial charge in [0.15, 0.2) is 0 Å². The number of nitrogens with zero attached hydrogens (tertiary/aromatic N) is 1. The van der Waals surface area contributed by atoms with Crippen molar-refractivity contribution in [2.45, 2.75) is 32.7 Å². The Kier molecular flexibility index (Phi) is 3.92. The molecule has 0 heterocycles. The van der Waals surface area contributed by atoms with Gasteiger partial charge in [-0.2, -0.15) is 0 Å². The minimum Gasteiger partial charge on any atom is -0.326 e. The molecule has 0 aromatic carbocycles. The Balaban J connectivity index is 2.54. The Hall–Kier alpha value is -0.130. The molecule has 1 atom stereocenters. The van der Waals surface area contributed by atoms with E-state index in [2.05, 4.69) is 0 Å². The lowest BCUT2D eigenvalue weighted by Gasteiger charge is -2.20. The summed E-state index contributed by atoms with van der Waals surface area (Å²) < 4.78 is 25.0. The van der Waals surface area contributed by atoms with Crippen LogP contribution in [0.25, 0.3) is 0 Å². The molecule has 2 N–H and O–H groups in total. The lowest BCUT2D eigenvalue weighted by atomic mass is 10.2. The average molecular weight is 220 g/mol. The lowest BCUT2D eigenvalue weighted by Crippen LogP contribution is -2.40. The maximum Gasteiger partial charge on any atom is 0.215 e. The molecule has 5 heteroatoms. The van der Waals surface area contributed by atoms with E-state index < -0.39 is 10.0 Å². The van der Waals surface area contributed by atoms with Crippen LogP contribution in [-0.2, 0) is 10.0 Å². The van der Waals surface area contributed by atoms with E-state index in [0.29, 0.717) is 19.0 Å². The van der Waals surface area contributed by atoms with E-state index in [1.807, 2.05) is 13.8 Å². The molecule has 1 aliphatic rings. The number of hydrogen-bond donors (Lipinski definition) is 1. The van der Waals surface area contributed by atoms with Crippen molar-refractivity contribution in [2.75, 3.05) is 18.8 Å². The van der Waals surface area contributed by atoms with Crippen molar-refractivity contribution < 1.29 is 8.42 Å². The topological polar surface area (TPSA) is 63.4 Å². The van der Waals surface area contributed by atoms with Gasteiger partial charge in [0.1, 0.15) is 0 Å². The molecule has 1 fully saturated rings. The summed E-state index contributed by atoms with van der Waals surface area (Å²) in [6.45, 7) is 4.78. The Labute approximate surface area is 86.5 Å². The first-order valence-electron chi connectivity index (χ1n) is 5.24. The molecule has 0 aromatic heterocycles. The zero-order valence-corrected chi connectivity index (χ0v) is 9.76. The third-order valence-electron chi connectivity index (χ3n) is 2.73. The fourth-order valence-corrected chi connectivity index (χ4v) is 3.38. The van der Waals surface area contributed by atoms with Crippen molar-refractivity contribution in [3.05, 3.63) is 0 Å². The maximum atomic E-state index is 11.8. The van der Waals surface area contributed by atoms with Gasteiger partial charge in [-0.25, -0.2) is 12.7 Å². The van der Waals surface area contributed by atoms with Crippen LogP contribution < -0.4 is 5.73 Å². The second-order valence-electron chi connectivity index (χ2n) is 3.86. The second kappa shape index (κ2) is 4.59. The molecule has 4 nitrogen and oxygen atoms in total. The van der Waals surface area contributed by atoms with Gasteiger partial charge in [-0.1, -0.05) is 13.8 Å². The van der Waals surface area contributed by atoms with Crippen LogP contribution in [-0.4, -0.2) is 37.6 Å². The van der Waals surface area contributed by atoms with Crippen LogP contribution in [0.2, 0.25) is 0 Å². The molecule has 0 spiro atoms. The van der Waals surface area contributed by atoms with Crippen LogP contribution in [0.3, 0.4) is 0 Å². The Morgan fingerprint density at radius 1 is 1.36 bits per heavy atom. The minimum atomic E-state index is -3.12. The third kappa shape index (κ3) is 2.93. The summed E-state index contributed by atoms with van der Waals surface area (Å²) in [5.74, 6) is 0.555. The summed E-state index contributed by atoms with van der Waals surface area (Å²) in [5, 5.41) is 0. The molecule has 1 saturated carbocycles. The van der Waals surface area contributed by atoms with Crippen LogP contribution in [0.5, 0.6) is 0 Å². The van der Waals surface area contributed by atoms with Gasteiger partial charge in [0, 0.05) is 19.1 Å². The van der Waals surface area contributed by atoms with Crippen LogP contribution in [0.4, 0.5) is 0 Å². The summed E-state index contributed by atoms with van der Waals surface area (Å²) in [7, 11) is -3.12. The zero-order valence-electron chi connectivity index (χ0n) is 8.94. The average Bonchev–Trinajstić information content (AvgIpc) is 2.86. The van der Waals surface area contributed by atoms with E-state index in [1.54, 1.807) is 0 Å². The van der Waals surface area contributed by atoms with Gasteiger partial charge in [-0.3, -0.25) is 0 Å². The molecule has 0 saturated heterocycles. The summed E-state index contributed by atoms with van der Waals surface area (Å²) in [5.41, 5.74) is 5.81. The number of nitrogens with two attached hydrogens (primary N) is 1. The maximum absolute atomic E-state index is 11.8. The van der Waals surface area contributed by atoms with Gasteiger partial charge < -0.3 is 5.73 Å². The molecule has 1 aliphatic carbocycles. The molecule has 0 radical (unpaired) electrons. The number of rotatable bonds is 6. The van der Waals surface area contributed by atoms with Gasteiger partial charge in [0.05, 0.1) is 5.75 Å². The summed E-state index contributed by atoms with van der Waals surface area (Å²) in [6.07, 6.45) is 2.18. The molecular formula is C9H20N2O2S. The highest BCUT2D eigenvalue weighted by molar-refractivity contribution is 7.89. The number of hydrogen-bond acceptors (Lipinski definition) is 3. The van der Waals surface area contributed by atoms with Crippen molar-refractivity contribution in [3.8, 4) is 0 Å². The van der Waals surface area contributed by atoms with E-state index in [1.165, 1.54) is 4.31 Å². The smallest absolute Gasteiger partial charge is 0.215 e. The van der Waals surface area contributed by atoms with Gasteiger partial charge >= 0.3 is 0 Å². The second-order valence-corrected chi connectivity index (χ2v) is 5.88. The highest BCUT2D eigenvalue weighted by atomic mass is 32.2. The summed E-state index contributed by atoms with van der Waals surface area (Å²) in [6, 6.07) is -0.166. The first-order valence-corrected chi connectivity index (χ1v) is 6.85. The molecule has 0 amide bonds. The van der Waals surface area contributed by atoms with Crippen LogP contribution in [0.15, 0.2) is 0 Å². The standard InChI is InChI=1S/C9H20N2O2S/c1-3-11(4-2)14(12,13)7-9(10)8-5-6-8/h8-9H,3-7,10H2,1-2H3. The van der Waals surface area contributed by atoms with Crippen LogP contribution in [0.1, 0.15) is 26.7 Å². The first kappa shape index (κ1) is 11.9. The predicted octanol–water partition coefficient (Wildman–Crippen LogP) is 0.395. The zero-order chi connectivity index (χ0) is 10.8. The van der Waals surface area contributed by atoms with Crippen LogP contribution >= 0.6 is 0 Å². The van der Waals surface area contributed by atoms with Gasteiger partial charge in [-0.15, -0.1) is 0 Å². The SMILES string of the molecule is CCN(CC)S(=O)(=O)CC(N)C1CC1. The largest absolute Gasteiger partial charge is 0.326 e. The lowest BCUT2D eigenvalue weighted by molar-refractivity contribution is 0.439. The Morgan fingerprint density at radius 2 is 1.86 bits per heavy atom. The highest BCUT2D eigenvalue weighted by Crippen LogP contribution is 2.32. The fraction of sp³-hybridized carbons (Fsp3) is 1.00. The minimum absolute atomic E-state index is 0.110. The molecule has 14 heavy (non-hydrogen) atoms. The molecular weight excluding hydrogens is 200 g/mol. The van der Waals surface area contributed by atoms with E-state index in [0.717, 1.165) is 12.8 Å². The first-order chi connectivity index (χ1) is 6.51.